The Morgan fingerprint density at radius 3 is 2.52 bits per heavy atom. The molecule has 2 amide bonds. The topological polar surface area (TPSA) is 75.2 Å². The van der Waals surface area contributed by atoms with Crippen molar-refractivity contribution in [3.8, 4) is 0 Å². The molecule has 0 spiro atoms. The van der Waals surface area contributed by atoms with Crippen LogP contribution in [0.15, 0.2) is 42.9 Å². The number of carbonyl (C=O) groups excluding carboxylic acids is 2. The molecule has 2 heterocycles. The van der Waals surface area contributed by atoms with E-state index < -0.39 is 0 Å². The van der Waals surface area contributed by atoms with Gasteiger partial charge in [0.25, 0.3) is 11.8 Å². The second kappa shape index (κ2) is 9.52. The highest BCUT2D eigenvalue weighted by molar-refractivity contribution is 5.98. The van der Waals surface area contributed by atoms with Gasteiger partial charge in [-0.1, -0.05) is 19.9 Å². The number of pyridine rings is 2. The molecule has 0 aliphatic carbocycles. The summed E-state index contributed by atoms with van der Waals surface area (Å²) < 4.78 is 0. The Hall–Kier alpha value is -2.76. The number of rotatable bonds is 8. The molecule has 132 valence electrons. The van der Waals surface area contributed by atoms with E-state index in [1.165, 1.54) is 6.20 Å². The molecule has 0 unspecified atom stereocenters. The third kappa shape index (κ3) is 5.38. The molecule has 1 N–H and O–H groups in total. The van der Waals surface area contributed by atoms with Crippen molar-refractivity contribution in [1.29, 1.82) is 0 Å². The van der Waals surface area contributed by atoms with Crippen molar-refractivity contribution in [3.63, 3.8) is 0 Å². The first-order valence-corrected chi connectivity index (χ1v) is 8.58. The van der Waals surface area contributed by atoms with Gasteiger partial charge in [-0.05, 0) is 36.6 Å². The minimum Gasteiger partial charge on any atom is -0.347 e. The SMILES string of the molecule is CCCN(CCC)C(=O)c1ccnc(C(=O)NCc2cccnc2)c1. The van der Waals surface area contributed by atoms with E-state index in [2.05, 4.69) is 15.3 Å². The highest BCUT2D eigenvalue weighted by Gasteiger charge is 2.16. The molecule has 6 heteroatoms. The quantitative estimate of drug-likeness (QED) is 0.802. The summed E-state index contributed by atoms with van der Waals surface area (Å²) in [6, 6.07) is 6.90. The van der Waals surface area contributed by atoms with Crippen molar-refractivity contribution in [1.82, 2.24) is 20.2 Å². The van der Waals surface area contributed by atoms with E-state index in [1.807, 2.05) is 30.9 Å². The van der Waals surface area contributed by atoms with E-state index in [0.29, 0.717) is 25.2 Å². The van der Waals surface area contributed by atoms with Crippen molar-refractivity contribution in [2.75, 3.05) is 13.1 Å². The predicted octanol–water partition coefficient (Wildman–Crippen LogP) is 2.67. The average molecular weight is 340 g/mol. The molecule has 0 radical (unpaired) electrons. The molecule has 0 bridgehead atoms. The number of amides is 2. The molecular weight excluding hydrogens is 316 g/mol. The van der Waals surface area contributed by atoms with Gasteiger partial charge in [-0.2, -0.15) is 0 Å². The molecule has 2 aromatic heterocycles. The highest BCUT2D eigenvalue weighted by atomic mass is 16.2. The zero-order valence-electron chi connectivity index (χ0n) is 14.7. The first-order chi connectivity index (χ1) is 12.2. The number of hydrogen-bond acceptors (Lipinski definition) is 4. The van der Waals surface area contributed by atoms with Gasteiger partial charge in [0.2, 0.25) is 0 Å². The van der Waals surface area contributed by atoms with E-state index in [4.69, 9.17) is 0 Å². The van der Waals surface area contributed by atoms with E-state index in [-0.39, 0.29) is 17.5 Å². The number of carbonyl (C=O) groups is 2. The van der Waals surface area contributed by atoms with Gasteiger partial charge in [-0.25, -0.2) is 0 Å². The van der Waals surface area contributed by atoms with Crippen LogP contribution in [0, 0.1) is 0 Å². The fourth-order valence-electron chi connectivity index (χ4n) is 2.50. The van der Waals surface area contributed by atoms with Crippen LogP contribution in [-0.2, 0) is 6.54 Å². The molecule has 2 rings (SSSR count). The summed E-state index contributed by atoms with van der Waals surface area (Å²) in [5.41, 5.74) is 1.63. The third-order valence-corrected chi connectivity index (χ3v) is 3.69. The van der Waals surface area contributed by atoms with E-state index >= 15 is 0 Å². The molecule has 0 aromatic carbocycles. The Kier molecular flexibility index (Phi) is 7.07. The van der Waals surface area contributed by atoms with Gasteiger partial charge >= 0.3 is 0 Å². The molecule has 6 nitrogen and oxygen atoms in total. The summed E-state index contributed by atoms with van der Waals surface area (Å²) in [6.45, 7) is 5.86. The lowest BCUT2D eigenvalue weighted by atomic mass is 10.1. The lowest BCUT2D eigenvalue weighted by Gasteiger charge is -2.21. The van der Waals surface area contributed by atoms with Crippen LogP contribution < -0.4 is 5.32 Å². The second-order valence-electron chi connectivity index (χ2n) is 5.77. The summed E-state index contributed by atoms with van der Waals surface area (Å²) in [5, 5.41) is 2.79. The maximum absolute atomic E-state index is 12.6. The van der Waals surface area contributed by atoms with Crippen molar-refractivity contribution in [3.05, 3.63) is 59.7 Å². The van der Waals surface area contributed by atoms with E-state index in [0.717, 1.165) is 18.4 Å². The highest BCUT2D eigenvalue weighted by Crippen LogP contribution is 2.08. The second-order valence-corrected chi connectivity index (χ2v) is 5.77. The predicted molar refractivity (Wildman–Crippen MR) is 96.1 cm³/mol. The molecule has 0 fully saturated rings. The minimum atomic E-state index is -0.309. The standard InChI is InChI=1S/C19H24N4O2/c1-3-10-23(11-4-2)19(25)16-7-9-21-17(12-16)18(24)22-14-15-6-5-8-20-13-15/h5-9,12-13H,3-4,10-11,14H2,1-2H3,(H,22,24). The summed E-state index contributed by atoms with van der Waals surface area (Å²) in [5.74, 6) is -0.372. The fraction of sp³-hybridized carbons (Fsp3) is 0.368. The zero-order valence-corrected chi connectivity index (χ0v) is 14.7. The fourth-order valence-corrected chi connectivity index (χ4v) is 2.50. The molecule has 0 saturated carbocycles. The Morgan fingerprint density at radius 2 is 1.88 bits per heavy atom. The lowest BCUT2D eigenvalue weighted by molar-refractivity contribution is 0.0755. The van der Waals surface area contributed by atoms with Crippen LogP contribution in [-0.4, -0.2) is 39.8 Å². The molecule has 0 aliphatic rings. The van der Waals surface area contributed by atoms with Gasteiger partial charge in [0.15, 0.2) is 0 Å². The maximum Gasteiger partial charge on any atom is 0.270 e. The number of nitrogens with one attached hydrogen (secondary N) is 1. The Balaban J connectivity index is 2.06. The van der Waals surface area contributed by atoms with Gasteiger partial charge < -0.3 is 10.2 Å². The zero-order chi connectivity index (χ0) is 18.1. The van der Waals surface area contributed by atoms with Crippen molar-refractivity contribution >= 4 is 11.8 Å². The first-order valence-electron chi connectivity index (χ1n) is 8.58. The molecule has 0 atom stereocenters. The van der Waals surface area contributed by atoms with Crippen LogP contribution >= 0.6 is 0 Å². The van der Waals surface area contributed by atoms with Crippen molar-refractivity contribution in [2.45, 2.75) is 33.2 Å². The lowest BCUT2D eigenvalue weighted by Crippen LogP contribution is -2.33. The van der Waals surface area contributed by atoms with Gasteiger partial charge in [0, 0.05) is 43.8 Å². The molecule has 0 aliphatic heterocycles. The summed E-state index contributed by atoms with van der Waals surface area (Å²) in [6.07, 6.45) is 6.67. The number of nitrogens with zero attached hydrogens (tertiary/aromatic N) is 3. The van der Waals surface area contributed by atoms with Crippen molar-refractivity contribution in [2.24, 2.45) is 0 Å². The van der Waals surface area contributed by atoms with Gasteiger partial charge in [-0.15, -0.1) is 0 Å². The van der Waals surface area contributed by atoms with Gasteiger partial charge in [0.1, 0.15) is 5.69 Å². The molecule has 25 heavy (non-hydrogen) atoms. The molecule has 2 aromatic rings. The Labute approximate surface area is 148 Å². The van der Waals surface area contributed by atoms with Gasteiger partial charge in [0.05, 0.1) is 0 Å². The molecular formula is C19H24N4O2. The Bertz CT molecular complexity index is 698. The number of hydrogen-bond donors (Lipinski definition) is 1. The van der Waals surface area contributed by atoms with Crippen LogP contribution in [0.2, 0.25) is 0 Å². The minimum absolute atomic E-state index is 0.0626. The largest absolute Gasteiger partial charge is 0.347 e. The van der Waals surface area contributed by atoms with Gasteiger partial charge in [-0.3, -0.25) is 19.6 Å². The van der Waals surface area contributed by atoms with Crippen LogP contribution in [0.25, 0.3) is 0 Å². The van der Waals surface area contributed by atoms with Crippen LogP contribution in [0.1, 0.15) is 53.1 Å². The maximum atomic E-state index is 12.6. The summed E-state index contributed by atoms with van der Waals surface area (Å²) in [4.78, 5) is 34.8. The van der Waals surface area contributed by atoms with Crippen LogP contribution in [0.5, 0.6) is 0 Å². The summed E-state index contributed by atoms with van der Waals surface area (Å²) >= 11 is 0. The van der Waals surface area contributed by atoms with E-state index in [9.17, 15) is 9.59 Å². The first kappa shape index (κ1) is 18.6. The van der Waals surface area contributed by atoms with E-state index in [1.54, 1.807) is 24.5 Å². The number of aromatic nitrogens is 2. The summed E-state index contributed by atoms with van der Waals surface area (Å²) in [7, 11) is 0. The van der Waals surface area contributed by atoms with Crippen molar-refractivity contribution < 1.29 is 9.59 Å². The third-order valence-electron chi connectivity index (χ3n) is 3.69. The monoisotopic (exact) mass is 340 g/mol. The Morgan fingerprint density at radius 1 is 1.12 bits per heavy atom. The average Bonchev–Trinajstić information content (AvgIpc) is 2.66. The van der Waals surface area contributed by atoms with Crippen LogP contribution in [0.4, 0.5) is 0 Å². The smallest absolute Gasteiger partial charge is 0.270 e. The molecule has 0 saturated heterocycles. The van der Waals surface area contributed by atoms with Crippen LogP contribution in [0.3, 0.4) is 0 Å². The normalized spacial score (nSPS) is 10.3.